The van der Waals surface area contributed by atoms with Crippen molar-refractivity contribution >= 4 is 45.6 Å². The molecule has 0 radical (unpaired) electrons. The molecular weight excluding hydrogens is 479 g/mol. The topological polar surface area (TPSA) is 45.6 Å². The molecule has 0 saturated carbocycles. The van der Waals surface area contributed by atoms with E-state index in [4.69, 9.17) is 16.3 Å². The first-order valence-corrected chi connectivity index (χ1v) is 13.6. The summed E-state index contributed by atoms with van der Waals surface area (Å²) in [5, 5.41) is 15.5. The Hall–Kier alpha value is -1.38. The summed E-state index contributed by atoms with van der Waals surface area (Å²) < 4.78 is 20.9. The molecule has 178 valence electrons. The molecule has 3 aromatic rings. The van der Waals surface area contributed by atoms with Crippen molar-refractivity contribution < 1.29 is 14.2 Å². The van der Waals surface area contributed by atoms with Crippen molar-refractivity contribution in [1.82, 2.24) is 9.88 Å². The van der Waals surface area contributed by atoms with Crippen LogP contribution >= 0.6 is 34.7 Å². The number of aromatic nitrogens is 1. The molecule has 1 aromatic carbocycles. The maximum absolute atomic E-state index is 15.6. The standard InChI is InChI=1S/C25H30ClFN2O2S2/c1-31-18-2-3-23-20(14-18)24(21(26)15-28-23)22(27)4-6-25(17-30)7-9-29(10-8-25)11-13-33-19-5-12-32-16-19/h2-3,5,12,14-16,22,30H,4,6-11,13,17H2,1H3/t22-/m0/s1. The zero-order valence-electron chi connectivity index (χ0n) is 18.8. The lowest BCUT2D eigenvalue weighted by atomic mass is 9.74. The molecule has 1 atom stereocenters. The largest absolute Gasteiger partial charge is 0.497 e. The number of piperidine rings is 1. The molecule has 4 nitrogen and oxygen atoms in total. The number of nitrogens with zero attached hydrogens (tertiary/aromatic N) is 2. The fraction of sp³-hybridized carbons (Fsp3) is 0.480. The number of thiophene rings is 1. The van der Waals surface area contributed by atoms with Crippen LogP contribution < -0.4 is 4.74 Å². The summed E-state index contributed by atoms with van der Waals surface area (Å²) in [5.74, 6) is 1.71. The minimum Gasteiger partial charge on any atom is -0.497 e. The first kappa shape index (κ1) is 24.7. The minimum absolute atomic E-state index is 0.0931. The van der Waals surface area contributed by atoms with Crippen LogP contribution in [0.2, 0.25) is 5.02 Å². The van der Waals surface area contributed by atoms with Gasteiger partial charge in [-0.15, -0.1) is 11.8 Å². The number of alkyl halides is 1. The number of rotatable bonds is 10. The van der Waals surface area contributed by atoms with Crippen LogP contribution in [0.25, 0.3) is 10.9 Å². The summed E-state index contributed by atoms with van der Waals surface area (Å²) in [6, 6.07) is 7.59. The van der Waals surface area contributed by atoms with E-state index in [1.807, 2.05) is 23.9 Å². The Morgan fingerprint density at radius 1 is 1.33 bits per heavy atom. The van der Waals surface area contributed by atoms with Crippen molar-refractivity contribution in [2.45, 2.75) is 36.8 Å². The molecule has 0 amide bonds. The Labute approximate surface area is 208 Å². The summed E-state index contributed by atoms with van der Waals surface area (Å²) >= 11 is 10.0. The average Bonchev–Trinajstić information content (AvgIpc) is 3.36. The highest BCUT2D eigenvalue weighted by molar-refractivity contribution is 7.99. The molecule has 0 aliphatic carbocycles. The van der Waals surface area contributed by atoms with Crippen molar-refractivity contribution in [1.29, 1.82) is 0 Å². The van der Waals surface area contributed by atoms with E-state index in [0.29, 0.717) is 40.1 Å². The van der Waals surface area contributed by atoms with Gasteiger partial charge in [-0.05, 0) is 73.8 Å². The van der Waals surface area contributed by atoms with Gasteiger partial charge in [-0.3, -0.25) is 4.98 Å². The lowest BCUT2D eigenvalue weighted by molar-refractivity contribution is 0.0323. The smallest absolute Gasteiger partial charge is 0.127 e. The number of pyridine rings is 1. The summed E-state index contributed by atoms with van der Waals surface area (Å²) in [6.45, 7) is 3.01. The van der Waals surface area contributed by atoms with Gasteiger partial charge in [-0.2, -0.15) is 11.3 Å². The number of methoxy groups -OCH3 is 1. The Morgan fingerprint density at radius 2 is 2.15 bits per heavy atom. The van der Waals surface area contributed by atoms with Crippen LogP contribution in [0.4, 0.5) is 4.39 Å². The average molecular weight is 509 g/mol. The molecule has 33 heavy (non-hydrogen) atoms. The Kier molecular flexibility index (Phi) is 8.52. The number of thioether (sulfide) groups is 1. The molecule has 0 spiro atoms. The van der Waals surface area contributed by atoms with E-state index in [9.17, 15) is 5.11 Å². The third-order valence-electron chi connectivity index (χ3n) is 6.73. The van der Waals surface area contributed by atoms with E-state index in [1.165, 1.54) is 11.1 Å². The van der Waals surface area contributed by atoms with Gasteiger partial charge in [0.05, 0.1) is 17.6 Å². The highest BCUT2D eigenvalue weighted by Gasteiger charge is 2.35. The highest BCUT2D eigenvalue weighted by Crippen LogP contribution is 2.42. The molecule has 4 rings (SSSR count). The summed E-state index contributed by atoms with van der Waals surface area (Å²) in [6.07, 6.45) is 3.03. The predicted molar refractivity (Wildman–Crippen MR) is 137 cm³/mol. The van der Waals surface area contributed by atoms with Gasteiger partial charge in [0.1, 0.15) is 11.9 Å². The maximum Gasteiger partial charge on any atom is 0.127 e. The normalized spacial score (nSPS) is 17.3. The van der Waals surface area contributed by atoms with Gasteiger partial charge in [0.2, 0.25) is 0 Å². The summed E-state index contributed by atoms with van der Waals surface area (Å²) in [7, 11) is 1.59. The first-order chi connectivity index (χ1) is 16.0. The third-order valence-corrected chi connectivity index (χ3v) is 8.84. The van der Waals surface area contributed by atoms with Crippen LogP contribution in [0.3, 0.4) is 0 Å². The van der Waals surface area contributed by atoms with Gasteiger partial charge in [-0.25, -0.2) is 4.39 Å². The molecule has 2 aromatic heterocycles. The lowest BCUT2D eigenvalue weighted by Gasteiger charge is -2.41. The second kappa shape index (κ2) is 11.4. The van der Waals surface area contributed by atoms with Crippen LogP contribution in [0, 0.1) is 5.41 Å². The molecule has 1 aliphatic heterocycles. The van der Waals surface area contributed by atoms with E-state index in [1.54, 1.807) is 24.5 Å². The number of halogens is 2. The molecule has 0 unspecified atom stereocenters. The Morgan fingerprint density at radius 3 is 2.85 bits per heavy atom. The number of hydrogen-bond donors (Lipinski definition) is 1. The van der Waals surface area contributed by atoms with Gasteiger partial charge < -0.3 is 14.7 Å². The highest BCUT2D eigenvalue weighted by atomic mass is 35.5. The molecule has 3 heterocycles. The maximum atomic E-state index is 15.6. The third kappa shape index (κ3) is 6.01. The number of hydrogen-bond acceptors (Lipinski definition) is 6. The molecule has 1 aliphatic rings. The number of aliphatic hydroxyl groups excluding tert-OH is 1. The van der Waals surface area contributed by atoms with Crippen LogP contribution in [0.15, 0.2) is 46.1 Å². The summed E-state index contributed by atoms with van der Waals surface area (Å²) in [5.41, 5.74) is 0.939. The van der Waals surface area contributed by atoms with Crippen LogP contribution in [0.5, 0.6) is 5.75 Å². The van der Waals surface area contributed by atoms with Crippen molar-refractivity contribution in [3.05, 3.63) is 51.8 Å². The van der Waals surface area contributed by atoms with Crippen molar-refractivity contribution in [3.63, 3.8) is 0 Å². The molecule has 8 heteroatoms. The number of ether oxygens (including phenoxy) is 1. The van der Waals surface area contributed by atoms with Crippen LogP contribution in [-0.2, 0) is 0 Å². The second-order valence-electron chi connectivity index (χ2n) is 8.72. The van der Waals surface area contributed by atoms with Crippen molar-refractivity contribution in [2.24, 2.45) is 5.41 Å². The zero-order chi connectivity index (χ0) is 23.3. The number of aliphatic hydroxyl groups is 1. The number of benzene rings is 1. The molecule has 1 N–H and O–H groups in total. The SMILES string of the molecule is COc1ccc2ncc(Cl)c([C@@H](F)CCC3(CO)CCN(CCSc4ccsc4)CC3)c2c1. The lowest BCUT2D eigenvalue weighted by Crippen LogP contribution is -2.42. The summed E-state index contributed by atoms with van der Waals surface area (Å²) in [4.78, 5) is 8.11. The van der Waals surface area contributed by atoms with E-state index in [-0.39, 0.29) is 12.0 Å². The van der Waals surface area contributed by atoms with E-state index < -0.39 is 6.17 Å². The van der Waals surface area contributed by atoms with Crippen LogP contribution in [-0.4, -0.2) is 54.1 Å². The molecular formula is C25H30ClFN2O2S2. The van der Waals surface area contributed by atoms with Gasteiger partial charge in [0.25, 0.3) is 0 Å². The van der Waals surface area contributed by atoms with E-state index >= 15 is 4.39 Å². The Bertz CT molecular complexity index is 1040. The predicted octanol–water partition coefficient (Wildman–Crippen LogP) is 6.62. The van der Waals surface area contributed by atoms with E-state index in [2.05, 4.69) is 26.7 Å². The fourth-order valence-corrected chi connectivity index (χ4v) is 6.62. The minimum atomic E-state index is -1.22. The molecule has 1 fully saturated rings. The quantitative estimate of drug-likeness (QED) is 0.312. The number of likely N-dealkylation sites (tertiary alicyclic amines) is 1. The molecule has 0 bridgehead atoms. The van der Waals surface area contributed by atoms with E-state index in [0.717, 1.165) is 38.2 Å². The zero-order valence-corrected chi connectivity index (χ0v) is 21.2. The second-order valence-corrected chi connectivity index (χ2v) is 11.1. The van der Waals surface area contributed by atoms with Crippen LogP contribution in [0.1, 0.15) is 37.4 Å². The van der Waals surface area contributed by atoms with Gasteiger partial charge >= 0.3 is 0 Å². The fourth-order valence-electron chi connectivity index (χ4n) is 4.56. The van der Waals surface area contributed by atoms with Gasteiger partial charge in [0, 0.05) is 46.3 Å². The van der Waals surface area contributed by atoms with Crippen molar-refractivity contribution in [3.8, 4) is 5.75 Å². The van der Waals surface area contributed by atoms with Crippen molar-refractivity contribution in [2.75, 3.05) is 39.1 Å². The van der Waals surface area contributed by atoms with Gasteiger partial charge in [-0.1, -0.05) is 11.6 Å². The number of fused-ring (bicyclic) bond motifs is 1. The Balaban J connectivity index is 1.35. The first-order valence-electron chi connectivity index (χ1n) is 11.3. The monoisotopic (exact) mass is 508 g/mol. The van der Waals surface area contributed by atoms with Gasteiger partial charge in [0.15, 0.2) is 0 Å². The molecule has 1 saturated heterocycles.